The molecule has 1 aliphatic carbocycles. The second kappa shape index (κ2) is 10.7. The van der Waals surface area contributed by atoms with Gasteiger partial charge in [-0.1, -0.05) is 11.6 Å². The largest absolute Gasteiger partial charge is 0.369 e. The van der Waals surface area contributed by atoms with Crippen molar-refractivity contribution in [3.63, 3.8) is 0 Å². The van der Waals surface area contributed by atoms with Gasteiger partial charge < -0.3 is 19.7 Å². The molecule has 0 bridgehead atoms. The van der Waals surface area contributed by atoms with Gasteiger partial charge in [-0.2, -0.15) is 0 Å². The molecule has 0 aliphatic heterocycles. The normalized spacial score (nSPS) is 18.4. The summed E-state index contributed by atoms with van der Waals surface area (Å²) < 4.78 is 0. The molecule has 0 saturated heterocycles. The number of nitrogens with one attached hydrogen (secondary N) is 1. The van der Waals surface area contributed by atoms with Crippen LogP contribution in [0.2, 0.25) is 5.02 Å². The van der Waals surface area contributed by atoms with Crippen molar-refractivity contribution < 1.29 is 4.79 Å². The predicted molar refractivity (Wildman–Crippen MR) is 137 cm³/mol. The molecule has 1 saturated carbocycles. The van der Waals surface area contributed by atoms with Crippen LogP contribution in [0.15, 0.2) is 29.1 Å². The van der Waals surface area contributed by atoms with Gasteiger partial charge in [0.1, 0.15) is 0 Å². The van der Waals surface area contributed by atoms with Crippen molar-refractivity contribution in [3.05, 3.63) is 62.0 Å². The minimum absolute atomic E-state index is 0.148. The molecule has 1 aromatic heterocycles. The lowest BCUT2D eigenvalue weighted by molar-refractivity contribution is 0.0784. The van der Waals surface area contributed by atoms with Gasteiger partial charge >= 0.3 is 0 Å². The number of aromatic amines is 1. The Bertz CT molecular complexity index is 1040. The van der Waals surface area contributed by atoms with Crippen molar-refractivity contribution in [2.24, 2.45) is 0 Å². The first-order valence-corrected chi connectivity index (χ1v) is 12.2. The number of pyridine rings is 1. The highest BCUT2D eigenvalue weighted by Crippen LogP contribution is 2.31. The smallest absolute Gasteiger partial charge is 0.254 e. The Kier molecular flexibility index (Phi) is 8.24. The van der Waals surface area contributed by atoms with Crippen LogP contribution in [0, 0.1) is 13.8 Å². The second-order valence-electron chi connectivity index (χ2n) is 9.51. The molecule has 1 fully saturated rings. The molecule has 3 rings (SSSR count). The van der Waals surface area contributed by atoms with E-state index >= 15 is 0 Å². The summed E-state index contributed by atoms with van der Waals surface area (Å²) in [5, 5.41) is 0.550. The van der Waals surface area contributed by atoms with E-state index in [4.69, 9.17) is 11.6 Å². The van der Waals surface area contributed by atoms with Crippen LogP contribution in [-0.4, -0.2) is 60.5 Å². The fourth-order valence-corrected chi connectivity index (χ4v) is 5.24. The highest BCUT2D eigenvalue weighted by molar-refractivity contribution is 6.31. The van der Waals surface area contributed by atoms with Crippen LogP contribution in [0.25, 0.3) is 0 Å². The Morgan fingerprint density at radius 1 is 1.03 bits per heavy atom. The van der Waals surface area contributed by atoms with Gasteiger partial charge in [0.15, 0.2) is 0 Å². The molecule has 1 aromatic carbocycles. The number of anilines is 1. The first-order chi connectivity index (χ1) is 15.6. The summed E-state index contributed by atoms with van der Waals surface area (Å²) in [7, 11) is 6.03. The molecule has 1 heterocycles. The monoisotopic (exact) mass is 472 g/mol. The van der Waals surface area contributed by atoms with Crippen molar-refractivity contribution in [1.29, 1.82) is 0 Å². The number of H-pyrrole nitrogens is 1. The summed E-state index contributed by atoms with van der Waals surface area (Å²) in [5.41, 5.74) is 3.68. The lowest BCUT2D eigenvalue weighted by Gasteiger charge is -2.39. The minimum atomic E-state index is -0.149. The third kappa shape index (κ3) is 5.98. The molecule has 2 aromatic rings. The third-order valence-electron chi connectivity index (χ3n) is 6.87. The van der Waals surface area contributed by atoms with Crippen LogP contribution >= 0.6 is 11.6 Å². The van der Waals surface area contributed by atoms with E-state index in [2.05, 4.69) is 35.8 Å². The standard InChI is InChI=1S/C26H37ClN4O2/c1-7-31(22-10-8-21(9-11-22)29(4)5)23-14-19(13-20(27)15-23)26(33)30(6)16-24-17(2)12-18(3)28-25(24)32/h12-15,21-22H,7-11,16H2,1-6H3,(H,28,32)/t21-,22-. The van der Waals surface area contributed by atoms with Crippen molar-refractivity contribution >= 4 is 23.2 Å². The summed E-state index contributed by atoms with van der Waals surface area (Å²) >= 11 is 6.47. The van der Waals surface area contributed by atoms with Gasteiger partial charge in [-0.25, -0.2) is 0 Å². The fraction of sp³-hybridized carbons (Fsp3) is 0.538. The maximum absolute atomic E-state index is 13.3. The van der Waals surface area contributed by atoms with E-state index in [1.807, 2.05) is 32.0 Å². The molecule has 1 aliphatic rings. The van der Waals surface area contributed by atoms with Gasteiger partial charge in [-0.05, 0) is 90.4 Å². The van der Waals surface area contributed by atoms with Crippen LogP contribution in [-0.2, 0) is 6.54 Å². The van der Waals surface area contributed by atoms with Crippen LogP contribution < -0.4 is 10.5 Å². The topological polar surface area (TPSA) is 59.7 Å². The van der Waals surface area contributed by atoms with Gasteiger partial charge in [0.05, 0.1) is 6.54 Å². The summed E-state index contributed by atoms with van der Waals surface area (Å²) in [6.07, 6.45) is 4.60. The lowest BCUT2D eigenvalue weighted by atomic mass is 9.89. The maximum Gasteiger partial charge on any atom is 0.254 e. The zero-order valence-electron chi connectivity index (χ0n) is 20.7. The molecule has 7 heteroatoms. The Hall–Kier alpha value is -2.31. The first kappa shape index (κ1) is 25.3. The van der Waals surface area contributed by atoms with Crippen LogP contribution in [0.3, 0.4) is 0 Å². The Morgan fingerprint density at radius 2 is 1.67 bits per heavy atom. The Balaban J connectivity index is 1.80. The van der Waals surface area contributed by atoms with E-state index in [1.54, 1.807) is 18.0 Å². The zero-order chi connectivity index (χ0) is 24.3. The minimum Gasteiger partial charge on any atom is -0.369 e. The van der Waals surface area contributed by atoms with E-state index in [0.717, 1.165) is 36.3 Å². The van der Waals surface area contributed by atoms with E-state index < -0.39 is 0 Å². The highest BCUT2D eigenvalue weighted by atomic mass is 35.5. The van der Waals surface area contributed by atoms with Gasteiger partial charge in [-0.15, -0.1) is 0 Å². The summed E-state index contributed by atoms with van der Waals surface area (Å²) in [4.78, 5) is 34.8. The van der Waals surface area contributed by atoms with Crippen LogP contribution in [0.4, 0.5) is 5.69 Å². The Morgan fingerprint density at radius 3 is 2.24 bits per heavy atom. The molecule has 1 amide bonds. The molecule has 33 heavy (non-hydrogen) atoms. The molecular weight excluding hydrogens is 436 g/mol. The number of rotatable bonds is 7. The third-order valence-corrected chi connectivity index (χ3v) is 7.09. The van der Waals surface area contributed by atoms with Gasteiger partial charge in [0, 0.05) is 53.2 Å². The molecule has 1 N–H and O–H groups in total. The SMILES string of the molecule is CCN(c1cc(Cl)cc(C(=O)N(C)Cc2c(C)cc(C)[nH]c2=O)c1)[C@H]1CC[C@H](N(C)C)CC1. The number of benzene rings is 1. The molecule has 0 radical (unpaired) electrons. The molecule has 180 valence electrons. The number of aryl methyl sites for hydroxylation is 2. The van der Waals surface area contributed by atoms with Crippen molar-refractivity contribution in [3.8, 4) is 0 Å². The summed E-state index contributed by atoms with van der Waals surface area (Å²) in [5.74, 6) is -0.148. The number of amides is 1. The average Bonchev–Trinajstić information content (AvgIpc) is 2.76. The van der Waals surface area contributed by atoms with E-state index in [1.165, 1.54) is 12.8 Å². The van der Waals surface area contributed by atoms with Gasteiger partial charge in [0.2, 0.25) is 0 Å². The maximum atomic E-state index is 13.3. The molecule has 6 nitrogen and oxygen atoms in total. The van der Waals surface area contributed by atoms with Gasteiger partial charge in [0.25, 0.3) is 11.5 Å². The number of hydrogen-bond acceptors (Lipinski definition) is 4. The van der Waals surface area contributed by atoms with Crippen molar-refractivity contribution in [1.82, 2.24) is 14.8 Å². The van der Waals surface area contributed by atoms with Crippen molar-refractivity contribution in [2.45, 2.75) is 65.1 Å². The van der Waals surface area contributed by atoms with Gasteiger partial charge in [-0.3, -0.25) is 9.59 Å². The predicted octanol–water partition coefficient (Wildman–Crippen LogP) is 4.62. The average molecular weight is 473 g/mol. The second-order valence-corrected chi connectivity index (χ2v) is 9.95. The molecule has 0 atom stereocenters. The Labute approximate surface area is 202 Å². The number of halogens is 1. The molecule has 0 spiro atoms. The van der Waals surface area contributed by atoms with E-state index in [0.29, 0.717) is 28.2 Å². The first-order valence-electron chi connectivity index (χ1n) is 11.8. The zero-order valence-corrected chi connectivity index (χ0v) is 21.5. The number of hydrogen-bond donors (Lipinski definition) is 1. The fourth-order valence-electron chi connectivity index (χ4n) is 5.01. The van der Waals surface area contributed by atoms with Crippen LogP contribution in [0.1, 0.15) is 59.8 Å². The number of carbonyl (C=O) groups excluding carboxylic acids is 1. The highest BCUT2D eigenvalue weighted by Gasteiger charge is 2.27. The number of nitrogens with zero attached hydrogens (tertiary/aromatic N) is 3. The number of aromatic nitrogens is 1. The van der Waals surface area contributed by atoms with Crippen LogP contribution in [0.5, 0.6) is 0 Å². The van der Waals surface area contributed by atoms with E-state index in [9.17, 15) is 9.59 Å². The number of carbonyl (C=O) groups is 1. The lowest BCUT2D eigenvalue weighted by Crippen LogP contribution is -2.42. The quantitative estimate of drug-likeness (QED) is 0.639. The summed E-state index contributed by atoms with van der Waals surface area (Å²) in [6.45, 7) is 7.01. The van der Waals surface area contributed by atoms with E-state index in [-0.39, 0.29) is 18.0 Å². The van der Waals surface area contributed by atoms with Crippen molar-refractivity contribution in [2.75, 3.05) is 32.6 Å². The molecular formula is C26H37ClN4O2. The summed E-state index contributed by atoms with van der Waals surface area (Å²) in [6, 6.07) is 8.62. The molecule has 0 unspecified atom stereocenters.